The van der Waals surface area contributed by atoms with Gasteiger partial charge in [-0.3, -0.25) is 4.90 Å². The molecule has 0 spiro atoms. The molecule has 6 heteroatoms. The zero-order chi connectivity index (χ0) is 12.6. The van der Waals surface area contributed by atoms with E-state index in [1.165, 1.54) is 0 Å². The summed E-state index contributed by atoms with van der Waals surface area (Å²) in [6.07, 6.45) is 0. The molecule has 98 valence electrons. The van der Waals surface area contributed by atoms with Gasteiger partial charge in [0.1, 0.15) is 0 Å². The number of ether oxygens (including phenoxy) is 1. The molecular formula is C10H23NO4S. The maximum absolute atomic E-state index is 11.6. The predicted octanol–water partition coefficient (Wildman–Crippen LogP) is -0.250. The Balaban J connectivity index is 4.10. The number of sulfone groups is 1. The molecule has 1 N–H and O–H groups in total. The number of methoxy groups -OCH3 is 1. The molecule has 0 saturated carbocycles. The van der Waals surface area contributed by atoms with Crippen LogP contribution in [0.2, 0.25) is 0 Å². The van der Waals surface area contributed by atoms with Crippen molar-refractivity contribution in [1.82, 2.24) is 4.90 Å². The summed E-state index contributed by atoms with van der Waals surface area (Å²) in [7, 11) is -1.40. The van der Waals surface area contributed by atoms with Crippen LogP contribution in [0.25, 0.3) is 0 Å². The van der Waals surface area contributed by atoms with Gasteiger partial charge in [-0.15, -0.1) is 0 Å². The van der Waals surface area contributed by atoms with Crippen LogP contribution in [0, 0.1) is 0 Å². The molecule has 0 fully saturated rings. The Hall–Kier alpha value is -0.170. The second-order valence-electron chi connectivity index (χ2n) is 3.97. The first-order valence-electron chi connectivity index (χ1n) is 5.47. The lowest BCUT2D eigenvalue weighted by Gasteiger charge is -2.21. The molecule has 0 rings (SSSR count). The SMILES string of the molecule is COCCN(CCO)CCS(=O)(=O)C(C)C. The first-order chi connectivity index (χ1) is 7.44. The number of aliphatic hydroxyl groups is 1. The summed E-state index contributed by atoms with van der Waals surface area (Å²) in [5.41, 5.74) is 0. The Morgan fingerprint density at radius 2 is 1.88 bits per heavy atom. The Morgan fingerprint density at radius 1 is 1.25 bits per heavy atom. The van der Waals surface area contributed by atoms with Crippen LogP contribution in [0.4, 0.5) is 0 Å². The minimum Gasteiger partial charge on any atom is -0.395 e. The second-order valence-corrected chi connectivity index (χ2v) is 6.65. The molecule has 0 unspecified atom stereocenters. The molecule has 0 aromatic carbocycles. The first kappa shape index (κ1) is 15.8. The standard InChI is InChI=1S/C10H23NO4S/c1-10(2)16(13,14)9-6-11(4-7-12)5-8-15-3/h10,12H,4-9H2,1-3H3. The lowest BCUT2D eigenvalue weighted by atomic mass is 10.5. The van der Waals surface area contributed by atoms with Gasteiger partial charge in [0.2, 0.25) is 0 Å². The highest BCUT2D eigenvalue weighted by Crippen LogP contribution is 2.01. The van der Waals surface area contributed by atoms with Crippen molar-refractivity contribution >= 4 is 9.84 Å². The Bertz CT molecular complexity index is 264. The second kappa shape index (κ2) is 8.00. The lowest BCUT2D eigenvalue weighted by molar-refractivity contribution is 0.135. The molecule has 0 radical (unpaired) electrons. The van der Waals surface area contributed by atoms with Crippen molar-refractivity contribution in [2.24, 2.45) is 0 Å². The average Bonchev–Trinajstić information content (AvgIpc) is 2.22. The van der Waals surface area contributed by atoms with E-state index in [4.69, 9.17) is 9.84 Å². The van der Waals surface area contributed by atoms with Gasteiger partial charge in [0.05, 0.1) is 24.2 Å². The molecule has 0 heterocycles. The van der Waals surface area contributed by atoms with Gasteiger partial charge in [-0.2, -0.15) is 0 Å². The minimum absolute atomic E-state index is 0.0332. The van der Waals surface area contributed by atoms with Crippen LogP contribution in [-0.4, -0.2) is 69.4 Å². The van der Waals surface area contributed by atoms with Crippen molar-refractivity contribution in [3.63, 3.8) is 0 Å². The molecular weight excluding hydrogens is 230 g/mol. The van der Waals surface area contributed by atoms with E-state index in [0.717, 1.165) is 0 Å². The molecule has 0 saturated heterocycles. The van der Waals surface area contributed by atoms with E-state index in [0.29, 0.717) is 26.2 Å². The molecule has 0 atom stereocenters. The van der Waals surface area contributed by atoms with E-state index in [9.17, 15) is 8.42 Å². The highest BCUT2D eigenvalue weighted by atomic mass is 32.2. The molecule has 0 aliphatic heterocycles. The summed E-state index contributed by atoms with van der Waals surface area (Å²) in [5.74, 6) is 0.133. The number of hydrogen-bond acceptors (Lipinski definition) is 5. The molecule has 16 heavy (non-hydrogen) atoms. The van der Waals surface area contributed by atoms with Gasteiger partial charge in [0.15, 0.2) is 9.84 Å². The zero-order valence-electron chi connectivity index (χ0n) is 10.3. The Kier molecular flexibility index (Phi) is 7.91. The van der Waals surface area contributed by atoms with E-state index < -0.39 is 9.84 Å². The summed E-state index contributed by atoms with van der Waals surface area (Å²) in [4.78, 5) is 1.89. The fraction of sp³-hybridized carbons (Fsp3) is 1.00. The molecule has 0 aliphatic carbocycles. The topological polar surface area (TPSA) is 66.8 Å². The molecule has 0 bridgehead atoms. The largest absolute Gasteiger partial charge is 0.395 e. The third-order valence-electron chi connectivity index (χ3n) is 2.44. The van der Waals surface area contributed by atoms with Gasteiger partial charge in [-0.25, -0.2) is 8.42 Å². The van der Waals surface area contributed by atoms with Crippen molar-refractivity contribution in [1.29, 1.82) is 0 Å². The van der Waals surface area contributed by atoms with Gasteiger partial charge < -0.3 is 9.84 Å². The molecule has 0 aromatic heterocycles. The smallest absolute Gasteiger partial charge is 0.153 e. The molecule has 0 aliphatic rings. The summed E-state index contributed by atoms with van der Waals surface area (Å²) in [6, 6.07) is 0. The average molecular weight is 253 g/mol. The Labute approximate surface area is 98.3 Å². The van der Waals surface area contributed by atoms with E-state index >= 15 is 0 Å². The van der Waals surface area contributed by atoms with E-state index in [1.54, 1.807) is 21.0 Å². The van der Waals surface area contributed by atoms with E-state index in [2.05, 4.69) is 0 Å². The fourth-order valence-electron chi connectivity index (χ4n) is 1.19. The lowest BCUT2D eigenvalue weighted by Crippen LogP contribution is -2.35. The van der Waals surface area contributed by atoms with Crippen molar-refractivity contribution in [3.8, 4) is 0 Å². The highest BCUT2D eigenvalue weighted by molar-refractivity contribution is 7.92. The fourth-order valence-corrected chi connectivity index (χ4v) is 2.17. The van der Waals surface area contributed by atoms with Crippen molar-refractivity contribution < 1.29 is 18.3 Å². The summed E-state index contributed by atoms with van der Waals surface area (Å²) in [5, 5.41) is 8.50. The van der Waals surface area contributed by atoms with Gasteiger partial charge in [-0.1, -0.05) is 0 Å². The van der Waals surface area contributed by atoms with Crippen LogP contribution >= 0.6 is 0 Å². The van der Waals surface area contributed by atoms with E-state index in [-0.39, 0.29) is 17.6 Å². The van der Waals surface area contributed by atoms with Crippen LogP contribution in [-0.2, 0) is 14.6 Å². The van der Waals surface area contributed by atoms with Crippen LogP contribution in [0.5, 0.6) is 0 Å². The maximum atomic E-state index is 11.6. The maximum Gasteiger partial charge on any atom is 0.153 e. The third-order valence-corrected chi connectivity index (χ3v) is 4.63. The zero-order valence-corrected chi connectivity index (χ0v) is 11.2. The number of hydrogen-bond donors (Lipinski definition) is 1. The summed E-state index contributed by atoms with van der Waals surface area (Å²) < 4.78 is 28.1. The monoisotopic (exact) mass is 253 g/mol. The normalized spacial score (nSPS) is 12.6. The number of aliphatic hydroxyl groups excluding tert-OH is 1. The summed E-state index contributed by atoms with van der Waals surface area (Å²) in [6.45, 7) is 5.51. The first-order valence-corrected chi connectivity index (χ1v) is 7.19. The van der Waals surface area contributed by atoms with Crippen LogP contribution < -0.4 is 0 Å². The molecule has 0 aromatic rings. The molecule has 0 amide bonds. The predicted molar refractivity (Wildman–Crippen MR) is 64.3 cm³/mol. The van der Waals surface area contributed by atoms with Gasteiger partial charge in [0, 0.05) is 26.7 Å². The number of nitrogens with zero attached hydrogens (tertiary/aromatic N) is 1. The van der Waals surface area contributed by atoms with Crippen molar-refractivity contribution in [3.05, 3.63) is 0 Å². The Morgan fingerprint density at radius 3 is 2.31 bits per heavy atom. The van der Waals surface area contributed by atoms with Crippen LogP contribution in [0.1, 0.15) is 13.8 Å². The third kappa shape index (κ3) is 6.42. The van der Waals surface area contributed by atoms with E-state index in [1.807, 2.05) is 4.90 Å². The van der Waals surface area contributed by atoms with Crippen LogP contribution in [0.3, 0.4) is 0 Å². The number of rotatable bonds is 9. The molecule has 5 nitrogen and oxygen atoms in total. The van der Waals surface area contributed by atoms with Crippen LogP contribution in [0.15, 0.2) is 0 Å². The van der Waals surface area contributed by atoms with Gasteiger partial charge in [0.25, 0.3) is 0 Å². The summed E-state index contributed by atoms with van der Waals surface area (Å²) >= 11 is 0. The van der Waals surface area contributed by atoms with Crippen molar-refractivity contribution in [2.45, 2.75) is 19.1 Å². The quantitative estimate of drug-likeness (QED) is 0.614. The van der Waals surface area contributed by atoms with Gasteiger partial charge in [-0.05, 0) is 13.8 Å². The minimum atomic E-state index is -3.00. The highest BCUT2D eigenvalue weighted by Gasteiger charge is 2.17. The van der Waals surface area contributed by atoms with Gasteiger partial charge >= 0.3 is 0 Å². The van der Waals surface area contributed by atoms with Crippen molar-refractivity contribution in [2.75, 3.05) is 45.7 Å².